The van der Waals surface area contributed by atoms with E-state index < -0.39 is 6.29 Å². The Labute approximate surface area is 110 Å². The van der Waals surface area contributed by atoms with Crippen LogP contribution in [0.5, 0.6) is 11.5 Å². The first-order valence-corrected chi connectivity index (χ1v) is 6.41. The quantitative estimate of drug-likeness (QED) is 0.583. The second-order valence-electron chi connectivity index (χ2n) is 4.32. The molecule has 3 rings (SSSR count). The number of hydrogen-bond donors (Lipinski definition) is 2. The van der Waals surface area contributed by atoms with Crippen LogP contribution in [0.15, 0.2) is 18.2 Å². The van der Waals surface area contributed by atoms with E-state index in [9.17, 15) is 5.11 Å². The number of aliphatic hydroxyl groups is 1. The maximum atomic E-state index is 9.53. The largest absolute Gasteiger partial charge is 0.483 e. The average molecular weight is 271 g/mol. The Morgan fingerprint density at radius 2 is 2.33 bits per heavy atom. The number of nitrogens with zero attached hydrogens (tertiary/aromatic N) is 1. The summed E-state index contributed by atoms with van der Waals surface area (Å²) in [5.74, 6) is 1.23. The summed E-state index contributed by atoms with van der Waals surface area (Å²) in [7, 11) is 0. The topological polar surface area (TPSA) is 54.0 Å². The van der Waals surface area contributed by atoms with Gasteiger partial charge in [0.05, 0.1) is 5.69 Å². The molecule has 2 heterocycles. The van der Waals surface area contributed by atoms with Crippen LogP contribution in [0, 0.1) is 0 Å². The van der Waals surface area contributed by atoms with Gasteiger partial charge in [0, 0.05) is 19.6 Å². The highest BCUT2D eigenvalue weighted by Gasteiger charge is 2.28. The summed E-state index contributed by atoms with van der Waals surface area (Å²) in [6, 6.07) is 5.66. The van der Waals surface area contributed by atoms with Gasteiger partial charge in [0.1, 0.15) is 5.50 Å². The van der Waals surface area contributed by atoms with E-state index in [1.165, 1.54) is 0 Å². The second-order valence-corrected chi connectivity index (χ2v) is 4.82. The van der Waals surface area contributed by atoms with Crippen molar-refractivity contribution in [2.75, 3.05) is 31.1 Å². The summed E-state index contributed by atoms with van der Waals surface area (Å²) < 4.78 is 10.9. The number of hydrogen-bond acceptors (Lipinski definition) is 5. The van der Waals surface area contributed by atoms with Crippen LogP contribution in [0.1, 0.15) is 0 Å². The zero-order chi connectivity index (χ0) is 12.5. The molecule has 2 aliphatic heterocycles. The monoisotopic (exact) mass is 270 g/mol. The van der Waals surface area contributed by atoms with Crippen LogP contribution in [0.25, 0.3) is 0 Å². The van der Waals surface area contributed by atoms with Crippen LogP contribution < -0.4 is 19.7 Å². The van der Waals surface area contributed by atoms with Crippen molar-refractivity contribution in [2.45, 2.75) is 11.8 Å². The minimum Gasteiger partial charge on any atom is -0.483 e. The number of fused-ring (bicyclic) bond motifs is 1. The Bertz CT molecular complexity index is 443. The van der Waals surface area contributed by atoms with E-state index in [2.05, 4.69) is 10.2 Å². The molecule has 1 aromatic carbocycles. The third kappa shape index (κ3) is 2.09. The summed E-state index contributed by atoms with van der Waals surface area (Å²) in [5.41, 5.74) is 0.737. The van der Waals surface area contributed by atoms with Gasteiger partial charge >= 0.3 is 0 Å². The molecule has 98 valence electrons. The van der Waals surface area contributed by atoms with Crippen LogP contribution in [0.4, 0.5) is 5.69 Å². The van der Waals surface area contributed by atoms with E-state index in [1.54, 1.807) is 0 Å². The predicted molar refractivity (Wildman–Crippen MR) is 68.4 cm³/mol. The number of para-hydroxylation sites is 1. The fraction of sp³-hybridized carbons (Fsp3) is 0.500. The van der Waals surface area contributed by atoms with Gasteiger partial charge in [-0.2, -0.15) is 0 Å². The first kappa shape index (κ1) is 11.9. The summed E-state index contributed by atoms with van der Waals surface area (Å²) in [5, 5.41) is 12.8. The molecule has 0 radical (unpaired) electrons. The lowest BCUT2D eigenvalue weighted by molar-refractivity contribution is -0.0666. The zero-order valence-corrected chi connectivity index (χ0v) is 10.6. The Morgan fingerprint density at radius 3 is 3.17 bits per heavy atom. The minimum atomic E-state index is -0.921. The molecule has 2 aliphatic rings. The summed E-state index contributed by atoms with van der Waals surface area (Å²) in [6.45, 7) is 2.54. The van der Waals surface area contributed by atoms with Crippen LogP contribution >= 0.6 is 11.6 Å². The highest BCUT2D eigenvalue weighted by Crippen LogP contribution is 2.41. The molecule has 1 fully saturated rings. The first-order valence-electron chi connectivity index (χ1n) is 5.97. The molecular weight excluding hydrogens is 256 g/mol. The fourth-order valence-corrected chi connectivity index (χ4v) is 2.55. The molecule has 2 unspecified atom stereocenters. The van der Waals surface area contributed by atoms with Gasteiger partial charge in [0.25, 0.3) is 0 Å². The lowest BCUT2D eigenvalue weighted by atomic mass is 10.2. The van der Waals surface area contributed by atoms with Gasteiger partial charge in [-0.3, -0.25) is 0 Å². The van der Waals surface area contributed by atoms with Gasteiger partial charge in [-0.05, 0) is 12.1 Å². The third-order valence-electron chi connectivity index (χ3n) is 3.08. The van der Waals surface area contributed by atoms with Crippen LogP contribution in [-0.2, 0) is 0 Å². The van der Waals surface area contributed by atoms with Crippen molar-refractivity contribution in [2.24, 2.45) is 0 Å². The number of aliphatic hydroxyl groups excluding tert-OH is 1. The Kier molecular flexibility index (Phi) is 3.20. The first-order chi connectivity index (χ1) is 8.75. The molecule has 2 atom stereocenters. The number of anilines is 1. The molecule has 2 N–H and O–H groups in total. The van der Waals surface area contributed by atoms with Crippen molar-refractivity contribution in [1.29, 1.82) is 0 Å². The molecule has 1 saturated heterocycles. The number of alkyl halides is 1. The highest BCUT2D eigenvalue weighted by molar-refractivity contribution is 6.22. The molecule has 6 heteroatoms. The molecule has 0 aliphatic carbocycles. The van der Waals surface area contributed by atoms with E-state index in [1.807, 2.05) is 18.2 Å². The van der Waals surface area contributed by atoms with E-state index in [0.717, 1.165) is 18.8 Å². The summed E-state index contributed by atoms with van der Waals surface area (Å²) >= 11 is 6.30. The lowest BCUT2D eigenvalue weighted by Gasteiger charge is -2.36. The van der Waals surface area contributed by atoms with Crippen LogP contribution in [-0.4, -0.2) is 43.1 Å². The van der Waals surface area contributed by atoms with Crippen molar-refractivity contribution in [1.82, 2.24) is 5.32 Å². The van der Waals surface area contributed by atoms with E-state index in [4.69, 9.17) is 21.1 Å². The summed E-state index contributed by atoms with van der Waals surface area (Å²) in [4.78, 5) is 2.05. The van der Waals surface area contributed by atoms with Gasteiger partial charge in [-0.15, -0.1) is 0 Å². The average Bonchev–Trinajstić information content (AvgIpc) is 2.39. The molecular formula is C12H15ClN2O3. The number of halogens is 1. The number of nitrogens with one attached hydrogen (secondary N) is 1. The van der Waals surface area contributed by atoms with Gasteiger partial charge < -0.3 is 24.8 Å². The van der Waals surface area contributed by atoms with Crippen LogP contribution in [0.2, 0.25) is 0 Å². The third-order valence-corrected chi connectivity index (χ3v) is 3.47. The van der Waals surface area contributed by atoms with Gasteiger partial charge in [-0.25, -0.2) is 0 Å². The standard InChI is InChI=1S/C12H15ClN2O3/c13-10-6-14-4-5-15(10)8-2-1-3-9-12(8)18-11(16)7-17-9/h1-3,10-11,14,16H,4-7H2. The van der Waals surface area contributed by atoms with Crippen molar-refractivity contribution >= 4 is 17.3 Å². The molecule has 5 nitrogen and oxygen atoms in total. The second kappa shape index (κ2) is 4.84. The van der Waals surface area contributed by atoms with Gasteiger partial charge in [-0.1, -0.05) is 17.7 Å². The predicted octanol–water partition coefficient (Wildman–Crippen LogP) is 0.751. The number of piperazine rings is 1. The maximum Gasteiger partial charge on any atom is 0.232 e. The maximum absolute atomic E-state index is 9.53. The minimum absolute atomic E-state index is 0.132. The van der Waals surface area contributed by atoms with Crippen molar-refractivity contribution in [3.63, 3.8) is 0 Å². The Morgan fingerprint density at radius 1 is 1.44 bits per heavy atom. The van der Waals surface area contributed by atoms with Crippen molar-refractivity contribution in [3.05, 3.63) is 18.2 Å². The molecule has 0 spiro atoms. The fourth-order valence-electron chi connectivity index (χ4n) is 2.24. The summed E-state index contributed by atoms with van der Waals surface area (Å²) in [6.07, 6.45) is -0.921. The van der Waals surface area contributed by atoms with E-state index >= 15 is 0 Å². The number of ether oxygens (including phenoxy) is 2. The number of benzene rings is 1. The lowest BCUT2D eigenvalue weighted by Crippen LogP contribution is -2.49. The molecule has 0 saturated carbocycles. The normalized spacial score (nSPS) is 27.1. The smallest absolute Gasteiger partial charge is 0.232 e. The van der Waals surface area contributed by atoms with Gasteiger partial charge in [0.15, 0.2) is 18.1 Å². The van der Waals surface area contributed by atoms with E-state index in [0.29, 0.717) is 18.0 Å². The van der Waals surface area contributed by atoms with Crippen molar-refractivity contribution < 1.29 is 14.6 Å². The zero-order valence-electron chi connectivity index (χ0n) is 9.80. The molecule has 18 heavy (non-hydrogen) atoms. The molecule has 0 bridgehead atoms. The Balaban J connectivity index is 1.96. The van der Waals surface area contributed by atoms with Crippen LogP contribution in [0.3, 0.4) is 0 Å². The molecule has 0 amide bonds. The van der Waals surface area contributed by atoms with Crippen molar-refractivity contribution in [3.8, 4) is 11.5 Å². The Hall–Kier alpha value is -1.17. The van der Waals surface area contributed by atoms with Gasteiger partial charge in [0.2, 0.25) is 6.29 Å². The highest BCUT2D eigenvalue weighted by atomic mass is 35.5. The SMILES string of the molecule is OC1COc2cccc(N3CCNCC3Cl)c2O1. The number of rotatable bonds is 1. The molecule has 1 aromatic rings. The molecule has 0 aromatic heterocycles. The van der Waals surface area contributed by atoms with E-state index in [-0.39, 0.29) is 12.1 Å².